The SMILES string of the molecule is C#CCOCCOCCOCCNc1nc(N2CCN(C(=O)[C@H]([C@@H](C)CC)n3cc(CCC(=O)O)nn3)CC2)nc(N2CCN(C(=O)[C@H](CCCC[NH3+])n3cc(CC(C)O)nn3)CC2)n1.[Cl-]. The number of carboxylic acid groups (broad SMARTS) is 1. The van der Waals surface area contributed by atoms with E-state index in [2.05, 4.69) is 42.5 Å². The number of halogens is 1. The van der Waals surface area contributed by atoms with Gasteiger partial charge in [0, 0.05) is 84.1 Å². The van der Waals surface area contributed by atoms with Gasteiger partial charge in [-0.15, -0.1) is 16.6 Å². The molecule has 0 bridgehead atoms. The fourth-order valence-electron chi connectivity index (χ4n) is 7.56. The molecule has 2 aliphatic rings. The van der Waals surface area contributed by atoms with Crippen molar-refractivity contribution >= 4 is 35.6 Å². The highest BCUT2D eigenvalue weighted by atomic mass is 35.5. The zero-order chi connectivity index (χ0) is 46.6. The highest BCUT2D eigenvalue weighted by Crippen LogP contribution is 2.26. The second kappa shape index (κ2) is 28.0. The number of nitrogens with one attached hydrogen (secondary N) is 1. The number of piperazine rings is 2. The quantitative estimate of drug-likeness (QED) is 0.0403. The van der Waals surface area contributed by atoms with Crippen LogP contribution in [0.25, 0.3) is 0 Å². The third-order valence-corrected chi connectivity index (χ3v) is 11.3. The van der Waals surface area contributed by atoms with Gasteiger partial charge < -0.3 is 67.5 Å². The number of terminal acetylenes is 1. The number of carboxylic acids is 1. The molecule has 2 aliphatic heterocycles. The number of rotatable bonds is 28. The number of hydrogen-bond acceptors (Lipinski definition) is 17. The van der Waals surface area contributed by atoms with E-state index >= 15 is 0 Å². The van der Waals surface area contributed by atoms with Crippen molar-refractivity contribution in [3.8, 4) is 12.3 Å². The van der Waals surface area contributed by atoms with Gasteiger partial charge in [0.15, 0.2) is 0 Å². The number of quaternary nitrogens is 1. The Morgan fingerprint density at radius 2 is 1.39 bits per heavy atom. The van der Waals surface area contributed by atoms with Crippen molar-refractivity contribution in [2.45, 2.75) is 83.9 Å². The van der Waals surface area contributed by atoms with E-state index in [4.69, 9.17) is 40.7 Å². The first-order chi connectivity index (χ1) is 31.5. The minimum absolute atomic E-state index is 0. The molecule has 0 radical (unpaired) electrons. The number of nitrogens with zero attached hydrogens (tertiary/aromatic N) is 13. The molecule has 0 aliphatic carbocycles. The van der Waals surface area contributed by atoms with Gasteiger partial charge in [-0.1, -0.05) is 36.6 Å². The topological polar surface area (TPSA) is 272 Å². The zero-order valence-electron chi connectivity index (χ0n) is 38.5. The molecule has 1 unspecified atom stereocenters. The monoisotopic (exact) mass is 946 g/mol. The predicted octanol–water partition coefficient (Wildman–Crippen LogP) is -3.67. The number of aliphatic carboxylic acids is 1. The number of amides is 2. The largest absolute Gasteiger partial charge is 1.00 e. The standard InChI is InChI=1S/C42H67N15O8.ClH/c1-5-22-63-24-26-65-27-25-64-23-13-44-40-45-41(54-18-14-52(15-19-54)38(61)35(9-7-8-12-43)56-30-34(49-50-56)28-32(4)58)47-42(46-40)55-20-16-53(17-21-55)39(62)37(31(3)6-2)57-29-33(48-51-57)10-11-36(59)60;/h1,29-32,35,37,58H,6-28,43H2,2-4H3,(H,59,60)(H,44,45,46,47);1H/t31-,32?,35-,37-;/m0./s1. The number of anilines is 3. The molecular weight excluding hydrogens is 878 g/mol. The van der Waals surface area contributed by atoms with Crippen molar-refractivity contribution < 1.29 is 56.9 Å². The molecule has 2 amide bonds. The second-order valence-corrected chi connectivity index (χ2v) is 16.3. The van der Waals surface area contributed by atoms with Gasteiger partial charge in [0.2, 0.25) is 29.7 Å². The lowest BCUT2D eigenvalue weighted by Gasteiger charge is -2.38. The van der Waals surface area contributed by atoms with E-state index in [0.29, 0.717) is 134 Å². The van der Waals surface area contributed by atoms with Crippen LogP contribution in [0.15, 0.2) is 12.4 Å². The average Bonchev–Trinajstić information content (AvgIpc) is 3.98. The first kappa shape index (κ1) is 53.4. The summed E-state index contributed by atoms with van der Waals surface area (Å²) in [6.45, 7) is 12.8. The van der Waals surface area contributed by atoms with Crippen LogP contribution in [-0.2, 0) is 41.4 Å². The molecular formula is C42H68ClN15O8. The molecule has 6 N–H and O–H groups in total. The van der Waals surface area contributed by atoms with Gasteiger partial charge in [0.05, 0.1) is 63.5 Å². The minimum Gasteiger partial charge on any atom is -1.00 e. The molecule has 3 aromatic rings. The van der Waals surface area contributed by atoms with Crippen LogP contribution in [-0.4, -0.2) is 194 Å². The molecule has 0 saturated carbocycles. The molecule has 24 heteroatoms. The van der Waals surface area contributed by atoms with Gasteiger partial charge >= 0.3 is 5.97 Å². The maximum atomic E-state index is 14.1. The third kappa shape index (κ3) is 16.3. The summed E-state index contributed by atoms with van der Waals surface area (Å²) in [5.41, 5.74) is 5.12. The van der Waals surface area contributed by atoms with Crippen LogP contribution in [0.1, 0.15) is 76.3 Å². The Morgan fingerprint density at radius 1 is 0.818 bits per heavy atom. The van der Waals surface area contributed by atoms with Gasteiger partial charge in [-0.3, -0.25) is 14.4 Å². The molecule has 66 heavy (non-hydrogen) atoms. The lowest BCUT2D eigenvalue weighted by Crippen LogP contribution is -3.00. The number of hydrogen-bond donors (Lipinski definition) is 4. The molecule has 23 nitrogen and oxygen atoms in total. The van der Waals surface area contributed by atoms with Crippen molar-refractivity contribution in [3.63, 3.8) is 0 Å². The normalized spacial score (nSPS) is 16.0. The smallest absolute Gasteiger partial charge is 0.303 e. The lowest BCUT2D eigenvalue weighted by atomic mass is 9.97. The van der Waals surface area contributed by atoms with Crippen LogP contribution >= 0.6 is 0 Å². The second-order valence-electron chi connectivity index (χ2n) is 16.3. The fraction of sp³-hybridized carbons (Fsp3) is 0.714. The van der Waals surface area contributed by atoms with Crippen molar-refractivity contribution in [2.24, 2.45) is 5.92 Å². The Labute approximate surface area is 392 Å². The summed E-state index contributed by atoms with van der Waals surface area (Å²) in [4.78, 5) is 61.6. The maximum Gasteiger partial charge on any atom is 0.303 e. The Morgan fingerprint density at radius 3 is 1.98 bits per heavy atom. The van der Waals surface area contributed by atoms with Gasteiger partial charge in [0.1, 0.15) is 18.7 Å². The van der Waals surface area contributed by atoms with Crippen molar-refractivity contribution in [1.29, 1.82) is 0 Å². The van der Waals surface area contributed by atoms with Crippen molar-refractivity contribution in [3.05, 3.63) is 23.8 Å². The summed E-state index contributed by atoms with van der Waals surface area (Å²) < 4.78 is 19.7. The number of aliphatic hydroxyl groups excluding tert-OH is 1. The number of carbonyl (C=O) groups excluding carboxylic acids is 2. The van der Waals surface area contributed by atoms with E-state index in [9.17, 15) is 19.5 Å². The summed E-state index contributed by atoms with van der Waals surface area (Å²) in [6, 6.07) is -1.11. The predicted molar refractivity (Wildman–Crippen MR) is 238 cm³/mol. The Kier molecular flexibility index (Phi) is 22.7. The highest BCUT2D eigenvalue weighted by molar-refractivity contribution is 5.81. The molecule has 2 saturated heterocycles. The number of ether oxygens (including phenoxy) is 3. The lowest BCUT2D eigenvalue weighted by molar-refractivity contribution is -0.368. The molecule has 3 aromatic heterocycles. The molecule has 5 heterocycles. The summed E-state index contributed by atoms with van der Waals surface area (Å²) in [5.74, 6) is 2.66. The number of aryl methyl sites for hydroxylation is 1. The van der Waals surface area contributed by atoms with Crippen LogP contribution in [0.3, 0.4) is 0 Å². The molecule has 2 fully saturated rings. The Hall–Kier alpha value is -5.25. The van der Waals surface area contributed by atoms with Crippen LogP contribution in [0.4, 0.5) is 17.8 Å². The number of carbonyl (C=O) groups is 3. The van der Waals surface area contributed by atoms with Crippen molar-refractivity contribution in [2.75, 3.05) is 120 Å². The van der Waals surface area contributed by atoms with Crippen LogP contribution in [0.2, 0.25) is 0 Å². The van der Waals surface area contributed by atoms with E-state index in [0.717, 1.165) is 25.8 Å². The maximum absolute atomic E-state index is 14.1. The Balaban J connectivity index is 0.00000952. The van der Waals surface area contributed by atoms with E-state index in [1.54, 1.807) is 28.7 Å². The summed E-state index contributed by atoms with van der Waals surface area (Å²) in [6.07, 6.45) is 11.6. The highest BCUT2D eigenvalue weighted by Gasteiger charge is 2.35. The van der Waals surface area contributed by atoms with Crippen molar-refractivity contribution in [1.82, 2.24) is 54.7 Å². The zero-order valence-corrected chi connectivity index (χ0v) is 39.3. The van der Waals surface area contributed by atoms with E-state index in [-0.39, 0.29) is 49.6 Å². The minimum atomic E-state index is -0.922. The van der Waals surface area contributed by atoms with Gasteiger partial charge in [-0.2, -0.15) is 15.0 Å². The fourth-order valence-corrected chi connectivity index (χ4v) is 7.56. The Bertz CT molecular complexity index is 1970. The molecule has 5 rings (SSSR count). The first-order valence-electron chi connectivity index (χ1n) is 22.8. The van der Waals surface area contributed by atoms with Gasteiger partial charge in [0.25, 0.3) is 0 Å². The van der Waals surface area contributed by atoms with Crippen LogP contribution < -0.4 is 33.3 Å². The number of unbranched alkanes of at least 4 members (excludes halogenated alkanes) is 1. The molecule has 4 atom stereocenters. The van der Waals surface area contributed by atoms with Crippen LogP contribution in [0.5, 0.6) is 0 Å². The molecule has 366 valence electrons. The van der Waals surface area contributed by atoms with E-state index < -0.39 is 24.2 Å². The van der Waals surface area contributed by atoms with Crippen LogP contribution in [0, 0.1) is 18.3 Å². The van der Waals surface area contributed by atoms with E-state index in [1.165, 1.54) is 0 Å². The van der Waals surface area contributed by atoms with E-state index in [1.807, 2.05) is 28.5 Å². The summed E-state index contributed by atoms with van der Waals surface area (Å²) in [5, 5.41) is 39.2. The van der Waals surface area contributed by atoms with Gasteiger partial charge in [-0.05, 0) is 32.1 Å². The summed E-state index contributed by atoms with van der Waals surface area (Å²) in [7, 11) is 0. The van der Waals surface area contributed by atoms with Gasteiger partial charge in [-0.25, -0.2) is 9.36 Å². The summed E-state index contributed by atoms with van der Waals surface area (Å²) >= 11 is 0. The average molecular weight is 947 g/mol. The number of aromatic nitrogens is 9. The molecule has 0 aromatic carbocycles. The molecule has 0 spiro atoms. The number of aliphatic hydroxyl groups is 1. The first-order valence-corrected chi connectivity index (χ1v) is 22.8. The third-order valence-electron chi connectivity index (χ3n) is 11.3.